The highest BCUT2D eigenvalue weighted by atomic mass is 16.5. The molecule has 0 aliphatic heterocycles. The highest BCUT2D eigenvalue weighted by Gasteiger charge is 2.25. The van der Waals surface area contributed by atoms with Crippen LogP contribution in [-0.4, -0.2) is 20.9 Å². The van der Waals surface area contributed by atoms with Gasteiger partial charge in [0.2, 0.25) is 5.95 Å². The zero-order chi connectivity index (χ0) is 21.6. The van der Waals surface area contributed by atoms with Gasteiger partial charge in [-0.2, -0.15) is 5.26 Å². The second kappa shape index (κ2) is 9.01. The second-order valence-electron chi connectivity index (χ2n) is 6.74. The topological polar surface area (TPSA) is 101 Å². The van der Waals surface area contributed by atoms with Crippen LogP contribution in [0.25, 0.3) is 10.9 Å². The van der Waals surface area contributed by atoms with Crippen LogP contribution in [-0.2, 0) is 4.79 Å². The van der Waals surface area contributed by atoms with Gasteiger partial charge in [0.25, 0.3) is 0 Å². The second-order valence-corrected chi connectivity index (χ2v) is 6.74. The first-order valence-electron chi connectivity index (χ1n) is 9.82. The van der Waals surface area contributed by atoms with Crippen molar-refractivity contribution in [2.75, 3.05) is 5.32 Å². The highest BCUT2D eigenvalue weighted by Crippen LogP contribution is 2.38. The first kappa shape index (κ1) is 20.0. The molecule has 0 radical (unpaired) electrons. The molecule has 152 valence electrons. The lowest BCUT2D eigenvalue weighted by Crippen LogP contribution is -2.18. The van der Waals surface area contributed by atoms with Gasteiger partial charge >= 0.3 is 5.97 Å². The summed E-state index contributed by atoms with van der Waals surface area (Å²) in [4.78, 5) is 25.3. The van der Waals surface area contributed by atoms with Crippen molar-refractivity contribution in [2.45, 2.75) is 19.4 Å². The number of rotatable bonds is 6. The molecule has 0 aliphatic rings. The number of pyridine rings is 1. The van der Waals surface area contributed by atoms with E-state index in [-0.39, 0.29) is 12.4 Å². The Morgan fingerprint density at radius 3 is 2.55 bits per heavy atom. The van der Waals surface area contributed by atoms with E-state index in [2.05, 4.69) is 26.3 Å². The molecule has 1 N–H and O–H groups in total. The van der Waals surface area contributed by atoms with E-state index in [9.17, 15) is 10.1 Å². The molecular weight excluding hydrogens is 390 g/mol. The van der Waals surface area contributed by atoms with Gasteiger partial charge in [-0.1, -0.05) is 43.3 Å². The summed E-state index contributed by atoms with van der Waals surface area (Å²) >= 11 is 0. The molecular formula is C24H19N5O2. The average Bonchev–Trinajstić information content (AvgIpc) is 2.83. The van der Waals surface area contributed by atoms with Gasteiger partial charge < -0.3 is 10.1 Å². The summed E-state index contributed by atoms with van der Waals surface area (Å²) in [7, 11) is 0. The van der Waals surface area contributed by atoms with Crippen molar-refractivity contribution in [3.05, 3.63) is 89.9 Å². The molecule has 0 fully saturated rings. The minimum Gasteiger partial charge on any atom is -0.424 e. The largest absolute Gasteiger partial charge is 0.424 e. The molecule has 7 nitrogen and oxygen atoms in total. The van der Waals surface area contributed by atoms with Crippen LogP contribution >= 0.6 is 0 Å². The van der Waals surface area contributed by atoms with Gasteiger partial charge in [-0.15, -0.1) is 0 Å². The van der Waals surface area contributed by atoms with Gasteiger partial charge in [0.05, 0.1) is 17.7 Å². The number of carbonyl (C=O) groups excluding carboxylic acids is 1. The Hall–Kier alpha value is -4.31. The fourth-order valence-electron chi connectivity index (χ4n) is 3.33. The molecule has 0 aliphatic carbocycles. The minimum absolute atomic E-state index is 0.220. The van der Waals surface area contributed by atoms with Crippen molar-refractivity contribution in [1.29, 1.82) is 5.26 Å². The molecule has 4 rings (SSSR count). The summed E-state index contributed by atoms with van der Waals surface area (Å²) in [5.74, 6) is 0.364. The Morgan fingerprint density at radius 1 is 1.00 bits per heavy atom. The van der Waals surface area contributed by atoms with E-state index in [1.54, 1.807) is 43.7 Å². The van der Waals surface area contributed by atoms with Crippen molar-refractivity contribution < 1.29 is 9.53 Å². The van der Waals surface area contributed by atoms with Gasteiger partial charge in [0.15, 0.2) is 5.75 Å². The summed E-state index contributed by atoms with van der Waals surface area (Å²) in [6.45, 7) is 1.74. The smallest absolute Gasteiger partial charge is 0.310 e. The Balaban J connectivity index is 1.95. The SMILES string of the molecule is CCC(=O)Oc1c(C(Nc2ncccn2)c2ccccc2C#N)ccc2cccnc12. The third-order valence-electron chi connectivity index (χ3n) is 4.81. The Labute approximate surface area is 179 Å². The highest BCUT2D eigenvalue weighted by molar-refractivity contribution is 5.89. The number of nitrogens with one attached hydrogen (secondary N) is 1. The molecule has 4 aromatic rings. The Morgan fingerprint density at radius 2 is 1.77 bits per heavy atom. The van der Waals surface area contributed by atoms with Crippen molar-refractivity contribution in [3.8, 4) is 11.8 Å². The fourth-order valence-corrected chi connectivity index (χ4v) is 3.33. The van der Waals surface area contributed by atoms with E-state index in [0.717, 1.165) is 5.39 Å². The van der Waals surface area contributed by atoms with Gasteiger partial charge in [-0.25, -0.2) is 9.97 Å². The lowest BCUT2D eigenvalue weighted by atomic mass is 9.93. The lowest BCUT2D eigenvalue weighted by molar-refractivity contribution is -0.133. The minimum atomic E-state index is -0.552. The molecule has 0 amide bonds. The zero-order valence-electron chi connectivity index (χ0n) is 16.8. The number of carbonyl (C=O) groups is 1. The standard InChI is InChI=1S/C24H19N5O2/c1-2-20(30)31-23-19(11-10-16-8-5-12-26-21(16)23)22(29-24-27-13-6-14-28-24)18-9-4-3-7-17(18)15-25/h3-14,22H,2H2,1H3,(H,27,28,29). The molecule has 0 saturated heterocycles. The van der Waals surface area contributed by atoms with E-state index in [1.807, 2.05) is 36.4 Å². The molecule has 2 aromatic heterocycles. The number of benzene rings is 2. The zero-order valence-corrected chi connectivity index (χ0v) is 16.8. The molecule has 2 heterocycles. The summed E-state index contributed by atoms with van der Waals surface area (Å²) in [6.07, 6.45) is 5.13. The van der Waals surface area contributed by atoms with Crippen LogP contribution in [0.1, 0.15) is 36.1 Å². The van der Waals surface area contributed by atoms with Crippen LogP contribution in [0.4, 0.5) is 5.95 Å². The normalized spacial score (nSPS) is 11.5. The third-order valence-corrected chi connectivity index (χ3v) is 4.81. The number of fused-ring (bicyclic) bond motifs is 1. The van der Waals surface area contributed by atoms with Crippen LogP contribution in [0, 0.1) is 11.3 Å². The first-order valence-corrected chi connectivity index (χ1v) is 9.82. The van der Waals surface area contributed by atoms with Crippen LogP contribution in [0.3, 0.4) is 0 Å². The van der Waals surface area contributed by atoms with Crippen molar-refractivity contribution in [3.63, 3.8) is 0 Å². The van der Waals surface area contributed by atoms with Gasteiger partial charge in [-0.05, 0) is 23.8 Å². The molecule has 0 bridgehead atoms. The van der Waals surface area contributed by atoms with Gasteiger partial charge in [0.1, 0.15) is 5.52 Å². The number of esters is 1. The van der Waals surface area contributed by atoms with Crippen LogP contribution in [0.15, 0.2) is 73.2 Å². The van der Waals surface area contributed by atoms with Crippen LogP contribution in [0.5, 0.6) is 5.75 Å². The number of aromatic nitrogens is 3. The molecule has 2 aromatic carbocycles. The molecule has 0 saturated carbocycles. The van der Waals surface area contributed by atoms with Crippen molar-refractivity contribution in [2.24, 2.45) is 0 Å². The molecule has 1 atom stereocenters. The predicted octanol–water partition coefficient (Wildman–Crippen LogP) is 4.41. The number of nitriles is 1. The number of hydrogen-bond acceptors (Lipinski definition) is 7. The summed E-state index contributed by atoms with van der Waals surface area (Å²) in [5.41, 5.74) is 2.42. The average molecular weight is 409 g/mol. The predicted molar refractivity (Wildman–Crippen MR) is 116 cm³/mol. The summed E-state index contributed by atoms with van der Waals surface area (Å²) in [6, 6.07) is 18.2. The molecule has 31 heavy (non-hydrogen) atoms. The number of hydrogen-bond donors (Lipinski definition) is 1. The van der Waals surface area contributed by atoms with Crippen LogP contribution < -0.4 is 10.1 Å². The van der Waals surface area contributed by atoms with Crippen LogP contribution in [0.2, 0.25) is 0 Å². The van der Waals surface area contributed by atoms with Gasteiger partial charge in [0, 0.05) is 36.0 Å². The maximum absolute atomic E-state index is 12.3. The maximum Gasteiger partial charge on any atom is 0.310 e. The Kier molecular flexibility index (Phi) is 5.81. The van der Waals surface area contributed by atoms with E-state index >= 15 is 0 Å². The third kappa shape index (κ3) is 4.19. The van der Waals surface area contributed by atoms with E-state index in [0.29, 0.717) is 33.9 Å². The lowest BCUT2D eigenvalue weighted by Gasteiger charge is -2.23. The number of anilines is 1. The van der Waals surface area contributed by atoms with E-state index in [4.69, 9.17) is 4.74 Å². The monoisotopic (exact) mass is 409 g/mol. The molecule has 7 heteroatoms. The van der Waals surface area contributed by atoms with E-state index < -0.39 is 6.04 Å². The molecule has 0 spiro atoms. The maximum atomic E-state index is 12.3. The van der Waals surface area contributed by atoms with Crippen molar-refractivity contribution >= 4 is 22.8 Å². The summed E-state index contributed by atoms with van der Waals surface area (Å²) < 4.78 is 5.76. The van der Waals surface area contributed by atoms with Gasteiger partial charge in [-0.3, -0.25) is 9.78 Å². The number of ether oxygens (including phenoxy) is 1. The molecule has 1 unspecified atom stereocenters. The summed E-state index contributed by atoms with van der Waals surface area (Å²) in [5, 5.41) is 13.8. The quantitative estimate of drug-likeness (QED) is 0.372. The van der Waals surface area contributed by atoms with E-state index in [1.165, 1.54) is 0 Å². The first-order chi connectivity index (χ1) is 15.2. The fraction of sp³-hybridized carbons (Fsp3) is 0.125. The Bertz CT molecular complexity index is 1270. The number of nitrogens with zero attached hydrogens (tertiary/aromatic N) is 4. The van der Waals surface area contributed by atoms with Crippen molar-refractivity contribution in [1.82, 2.24) is 15.0 Å².